The molecule has 35 heavy (non-hydrogen) atoms. The van der Waals surface area contributed by atoms with Gasteiger partial charge in [0.25, 0.3) is 5.91 Å². The van der Waals surface area contributed by atoms with Crippen molar-refractivity contribution in [3.8, 4) is 0 Å². The number of rotatable bonds is 5. The Hall–Kier alpha value is -2.05. The van der Waals surface area contributed by atoms with Gasteiger partial charge < -0.3 is 21.0 Å². The third-order valence-electron chi connectivity index (χ3n) is 7.84. The Kier molecular flexibility index (Phi) is 9.83. The monoisotopic (exact) mass is 505 g/mol. The first-order valence-electron chi connectivity index (χ1n) is 12.4. The van der Waals surface area contributed by atoms with Gasteiger partial charge in [0, 0.05) is 24.6 Å². The molecule has 2 heterocycles. The summed E-state index contributed by atoms with van der Waals surface area (Å²) in [6.07, 6.45) is 17.4. The lowest BCUT2D eigenvalue weighted by atomic mass is 9.65. The topological polar surface area (TPSA) is 92.9 Å². The third kappa shape index (κ3) is 6.39. The summed E-state index contributed by atoms with van der Waals surface area (Å²) in [5.41, 5.74) is 0.641. The lowest BCUT2D eigenvalue weighted by Gasteiger charge is -2.48. The van der Waals surface area contributed by atoms with Crippen LogP contribution in [0.3, 0.4) is 0 Å². The number of likely N-dealkylation sites (tertiary alicyclic amines) is 1. The molecule has 4 unspecified atom stereocenters. The number of alkyl halides is 1. The molecular weight excluding hydrogens is 462 g/mol. The number of halogens is 1. The number of hydrogen-bond donors (Lipinski definition) is 2. The molecule has 4 aliphatic rings. The Bertz CT molecular complexity index is 892. The number of fused-ring (bicyclic) bond motifs is 1. The van der Waals surface area contributed by atoms with Crippen LogP contribution in [-0.2, 0) is 9.59 Å². The van der Waals surface area contributed by atoms with E-state index >= 15 is 0 Å². The van der Waals surface area contributed by atoms with E-state index in [1.807, 2.05) is 43.2 Å². The molecule has 2 amide bonds. The van der Waals surface area contributed by atoms with Gasteiger partial charge in [-0.2, -0.15) is 0 Å². The van der Waals surface area contributed by atoms with Gasteiger partial charge in [0.2, 0.25) is 5.91 Å². The Morgan fingerprint density at radius 2 is 1.89 bits per heavy atom. The number of carbonyl (C=O) groups is 2. The first-order chi connectivity index (χ1) is 15.7. The highest BCUT2D eigenvalue weighted by Gasteiger charge is 2.43. The lowest BCUT2D eigenvalue weighted by molar-refractivity contribution is -0.141. The summed E-state index contributed by atoms with van der Waals surface area (Å²) in [5, 5.41) is 6.46. The van der Waals surface area contributed by atoms with E-state index in [0.29, 0.717) is 24.0 Å². The van der Waals surface area contributed by atoms with E-state index in [1.165, 1.54) is 0 Å². The highest BCUT2D eigenvalue weighted by molar-refractivity contribution is 6.21. The van der Waals surface area contributed by atoms with E-state index in [0.717, 1.165) is 25.8 Å². The quantitative estimate of drug-likeness (QED) is 0.437. The number of hydrogen-bond acceptors (Lipinski definition) is 3. The molecular formula is C28H44ClN3O3. The van der Waals surface area contributed by atoms with Crippen molar-refractivity contribution in [3.63, 3.8) is 0 Å². The van der Waals surface area contributed by atoms with Crippen molar-refractivity contribution < 1.29 is 15.1 Å². The van der Waals surface area contributed by atoms with E-state index in [4.69, 9.17) is 11.6 Å². The Morgan fingerprint density at radius 1 is 1.14 bits per heavy atom. The molecule has 7 heteroatoms. The van der Waals surface area contributed by atoms with Crippen molar-refractivity contribution in [1.29, 1.82) is 0 Å². The van der Waals surface area contributed by atoms with Gasteiger partial charge in [0.15, 0.2) is 0 Å². The molecule has 0 bridgehead atoms. The number of piperidine rings is 1. The Morgan fingerprint density at radius 3 is 2.51 bits per heavy atom. The lowest BCUT2D eigenvalue weighted by Crippen LogP contribution is -2.57. The van der Waals surface area contributed by atoms with Crippen LogP contribution in [0.1, 0.15) is 54.4 Å². The fourth-order valence-electron chi connectivity index (χ4n) is 5.91. The van der Waals surface area contributed by atoms with Crippen LogP contribution in [0.2, 0.25) is 0 Å². The van der Waals surface area contributed by atoms with E-state index < -0.39 is 6.04 Å². The van der Waals surface area contributed by atoms with Crippen LogP contribution in [0.5, 0.6) is 0 Å². The van der Waals surface area contributed by atoms with Crippen molar-refractivity contribution in [3.05, 3.63) is 48.2 Å². The average Bonchev–Trinajstić information content (AvgIpc) is 3.24. The summed E-state index contributed by atoms with van der Waals surface area (Å²) in [7, 11) is 0. The highest BCUT2D eigenvalue weighted by Crippen LogP contribution is 2.43. The zero-order valence-electron chi connectivity index (χ0n) is 20.8. The Labute approximate surface area is 216 Å². The van der Waals surface area contributed by atoms with E-state index in [1.54, 1.807) is 0 Å². The highest BCUT2D eigenvalue weighted by atomic mass is 35.5. The largest absolute Gasteiger partial charge is 0.412 e. The number of nitrogens with zero attached hydrogens (tertiary/aromatic N) is 1. The molecule has 196 valence electrons. The van der Waals surface area contributed by atoms with Crippen molar-refractivity contribution >= 4 is 23.4 Å². The summed E-state index contributed by atoms with van der Waals surface area (Å²) in [4.78, 5) is 28.6. The first kappa shape index (κ1) is 29.2. The minimum atomic E-state index is -0.527. The molecule has 0 spiro atoms. The third-order valence-corrected chi connectivity index (χ3v) is 8.21. The molecule has 4 N–H and O–H groups in total. The van der Waals surface area contributed by atoms with E-state index in [-0.39, 0.29) is 53.4 Å². The Balaban J connectivity index is 0.00000216. The molecule has 6 nitrogen and oxygen atoms in total. The fraction of sp³-hybridized carbons (Fsp3) is 0.643. The molecule has 2 aliphatic carbocycles. The second kappa shape index (κ2) is 11.8. The summed E-state index contributed by atoms with van der Waals surface area (Å²) in [6, 6.07) is -0.303. The summed E-state index contributed by atoms with van der Waals surface area (Å²) < 4.78 is 0. The van der Waals surface area contributed by atoms with Gasteiger partial charge in [-0.15, -0.1) is 11.6 Å². The molecule has 4 rings (SSSR count). The SMILES string of the molecule is C.CC(C)[C@@H](NC(=O)C1=CC2C=CNC2C=C1)C(=O)N1CC[C@H](C2C=CC(Cl)CC2)C(C)(C)C1.O. The first-order valence-corrected chi connectivity index (χ1v) is 12.8. The van der Waals surface area contributed by atoms with Crippen LogP contribution in [0.15, 0.2) is 48.2 Å². The second-order valence-electron chi connectivity index (χ2n) is 11.1. The van der Waals surface area contributed by atoms with Crippen LogP contribution < -0.4 is 10.6 Å². The molecule has 0 saturated carbocycles. The van der Waals surface area contributed by atoms with Crippen molar-refractivity contribution in [2.75, 3.05) is 13.1 Å². The number of amides is 2. The van der Waals surface area contributed by atoms with Gasteiger partial charge in [-0.05, 0) is 48.6 Å². The standard InChI is InChI=1S/C27H38ClN3O2.CH4.H2O/c1-17(2)24(30-25(32)20-7-10-23-19(15-20)11-13-29-23)26(33)31-14-12-22(27(3,4)16-31)18-5-8-21(28)9-6-18;;/h5,7-8,10-11,13,15,17-19,21-24,29H,6,9,12,14,16H2,1-4H3,(H,30,32);1H4;1H2/t18?,19?,21?,22-,23?,24-;;/m1../s1. The molecule has 0 aromatic carbocycles. The average molecular weight is 506 g/mol. The van der Waals surface area contributed by atoms with Gasteiger partial charge in [0.05, 0.1) is 11.4 Å². The van der Waals surface area contributed by atoms with Gasteiger partial charge in [-0.3, -0.25) is 9.59 Å². The van der Waals surface area contributed by atoms with Gasteiger partial charge in [0.1, 0.15) is 6.04 Å². The van der Waals surface area contributed by atoms with Crippen molar-refractivity contribution in [1.82, 2.24) is 15.5 Å². The molecule has 0 radical (unpaired) electrons. The van der Waals surface area contributed by atoms with Gasteiger partial charge in [-0.1, -0.05) is 71.6 Å². The zero-order valence-corrected chi connectivity index (χ0v) is 21.5. The van der Waals surface area contributed by atoms with Gasteiger partial charge >= 0.3 is 0 Å². The van der Waals surface area contributed by atoms with Crippen LogP contribution in [-0.4, -0.2) is 52.7 Å². The summed E-state index contributed by atoms with van der Waals surface area (Å²) in [6.45, 7) is 10.0. The number of nitrogens with one attached hydrogen (secondary N) is 2. The molecule has 6 atom stereocenters. The maximum atomic E-state index is 13.6. The normalized spacial score (nSPS) is 31.4. The summed E-state index contributed by atoms with van der Waals surface area (Å²) >= 11 is 6.26. The molecule has 1 saturated heterocycles. The molecule has 1 fully saturated rings. The zero-order chi connectivity index (χ0) is 23.8. The predicted molar refractivity (Wildman–Crippen MR) is 144 cm³/mol. The predicted octanol–water partition coefficient (Wildman–Crippen LogP) is 3.98. The van der Waals surface area contributed by atoms with E-state index in [9.17, 15) is 9.59 Å². The van der Waals surface area contributed by atoms with Crippen molar-refractivity contribution in [2.24, 2.45) is 29.1 Å². The van der Waals surface area contributed by atoms with Crippen LogP contribution in [0.25, 0.3) is 0 Å². The molecule has 0 aromatic rings. The molecule has 0 aromatic heterocycles. The number of allylic oxidation sites excluding steroid dienone is 2. The second-order valence-corrected chi connectivity index (χ2v) is 11.7. The summed E-state index contributed by atoms with van der Waals surface area (Å²) in [5.74, 6) is 1.12. The van der Waals surface area contributed by atoms with Gasteiger partial charge in [-0.25, -0.2) is 0 Å². The fourth-order valence-corrected chi connectivity index (χ4v) is 6.12. The molecule has 2 aliphatic heterocycles. The maximum absolute atomic E-state index is 13.6. The van der Waals surface area contributed by atoms with E-state index in [2.05, 4.69) is 42.7 Å². The van der Waals surface area contributed by atoms with Crippen LogP contribution in [0, 0.1) is 29.1 Å². The van der Waals surface area contributed by atoms with Crippen molar-refractivity contribution in [2.45, 2.75) is 71.8 Å². The smallest absolute Gasteiger partial charge is 0.251 e. The van der Waals surface area contributed by atoms with Crippen LogP contribution in [0.4, 0.5) is 0 Å². The van der Waals surface area contributed by atoms with Crippen LogP contribution >= 0.6 is 11.6 Å². The minimum absolute atomic E-state index is 0. The maximum Gasteiger partial charge on any atom is 0.251 e. The number of carbonyl (C=O) groups excluding carboxylic acids is 2. The minimum Gasteiger partial charge on any atom is -0.412 e.